The fourth-order valence-electron chi connectivity index (χ4n) is 1.30. The lowest BCUT2D eigenvalue weighted by molar-refractivity contribution is 0.431. The monoisotopic (exact) mass is 249 g/mol. The van der Waals surface area contributed by atoms with Gasteiger partial charge in [-0.2, -0.15) is 0 Å². The van der Waals surface area contributed by atoms with Gasteiger partial charge in [-0.05, 0) is 44.2 Å². The van der Waals surface area contributed by atoms with Gasteiger partial charge in [0.25, 0.3) is 5.22 Å². The number of pyridine rings is 1. The normalized spacial score (nSPS) is 12.7. The van der Waals surface area contributed by atoms with E-state index in [0.717, 1.165) is 22.0 Å². The maximum atomic E-state index is 5.76. The Morgan fingerprint density at radius 2 is 2.12 bits per heavy atom. The number of oxazole rings is 1. The van der Waals surface area contributed by atoms with Crippen molar-refractivity contribution in [2.75, 3.05) is 0 Å². The lowest BCUT2D eigenvalue weighted by Crippen LogP contribution is -2.04. The minimum atomic E-state index is 0.00720. The zero-order chi connectivity index (χ0) is 12.4. The molecule has 0 amide bonds. The SMILES string of the molecule is Cc1nc(Sc2ccc(C(C)N)cn2)oc1C. The number of hydrogen-bond donors (Lipinski definition) is 1. The number of nitrogens with zero attached hydrogens (tertiary/aromatic N) is 2. The van der Waals surface area contributed by atoms with Crippen LogP contribution in [0.25, 0.3) is 0 Å². The molecular weight excluding hydrogens is 234 g/mol. The van der Waals surface area contributed by atoms with Gasteiger partial charge in [-0.25, -0.2) is 9.97 Å². The van der Waals surface area contributed by atoms with Crippen LogP contribution in [0.1, 0.15) is 30.0 Å². The summed E-state index contributed by atoms with van der Waals surface area (Å²) < 4.78 is 5.48. The molecule has 0 fully saturated rings. The van der Waals surface area contributed by atoms with E-state index in [0.29, 0.717) is 5.22 Å². The number of rotatable bonds is 3. The summed E-state index contributed by atoms with van der Waals surface area (Å²) in [7, 11) is 0. The van der Waals surface area contributed by atoms with Crippen molar-refractivity contribution < 1.29 is 4.42 Å². The van der Waals surface area contributed by atoms with Gasteiger partial charge in [0.15, 0.2) is 0 Å². The molecule has 0 saturated carbocycles. The Hall–Kier alpha value is -1.33. The third kappa shape index (κ3) is 2.87. The highest BCUT2D eigenvalue weighted by atomic mass is 32.2. The molecule has 2 aromatic heterocycles. The first-order chi connectivity index (χ1) is 8.06. The van der Waals surface area contributed by atoms with E-state index in [1.54, 1.807) is 6.20 Å². The minimum Gasteiger partial charge on any atom is -0.436 e. The van der Waals surface area contributed by atoms with Crippen molar-refractivity contribution in [2.24, 2.45) is 5.73 Å². The standard InChI is InChI=1S/C12H15N3OS/c1-7(13)10-4-5-11(14-6-10)17-12-15-8(2)9(3)16-12/h4-7H,13H2,1-3H3. The largest absolute Gasteiger partial charge is 0.436 e. The first kappa shape index (κ1) is 12.1. The molecule has 4 nitrogen and oxygen atoms in total. The Morgan fingerprint density at radius 1 is 1.35 bits per heavy atom. The van der Waals surface area contributed by atoms with Crippen LogP contribution >= 0.6 is 11.8 Å². The molecule has 0 radical (unpaired) electrons. The highest BCUT2D eigenvalue weighted by molar-refractivity contribution is 7.99. The van der Waals surface area contributed by atoms with E-state index >= 15 is 0 Å². The topological polar surface area (TPSA) is 64.9 Å². The molecule has 17 heavy (non-hydrogen) atoms. The summed E-state index contributed by atoms with van der Waals surface area (Å²) >= 11 is 1.41. The number of aromatic nitrogens is 2. The van der Waals surface area contributed by atoms with Crippen molar-refractivity contribution >= 4 is 11.8 Å². The van der Waals surface area contributed by atoms with Crippen molar-refractivity contribution in [2.45, 2.75) is 37.1 Å². The summed E-state index contributed by atoms with van der Waals surface area (Å²) in [6, 6.07) is 3.91. The molecular formula is C12H15N3OS. The lowest BCUT2D eigenvalue weighted by Gasteiger charge is -2.04. The average Bonchev–Trinajstić information content (AvgIpc) is 2.58. The van der Waals surface area contributed by atoms with Crippen molar-refractivity contribution in [3.05, 3.63) is 35.3 Å². The zero-order valence-corrected chi connectivity index (χ0v) is 10.9. The van der Waals surface area contributed by atoms with Gasteiger partial charge in [0.2, 0.25) is 0 Å². The first-order valence-corrected chi connectivity index (χ1v) is 6.21. The molecule has 0 aromatic carbocycles. The van der Waals surface area contributed by atoms with Crippen molar-refractivity contribution in [1.82, 2.24) is 9.97 Å². The molecule has 2 rings (SSSR count). The lowest BCUT2D eigenvalue weighted by atomic mass is 10.2. The Kier molecular flexibility index (Phi) is 3.49. The van der Waals surface area contributed by atoms with E-state index in [9.17, 15) is 0 Å². The highest BCUT2D eigenvalue weighted by Gasteiger charge is 2.08. The van der Waals surface area contributed by atoms with Crippen LogP contribution < -0.4 is 5.73 Å². The number of nitrogens with two attached hydrogens (primary N) is 1. The second-order valence-corrected chi connectivity index (χ2v) is 4.91. The molecule has 0 spiro atoms. The molecule has 0 aliphatic rings. The van der Waals surface area contributed by atoms with Crippen LogP contribution in [0.2, 0.25) is 0 Å². The molecule has 2 heterocycles. The predicted molar refractivity (Wildman–Crippen MR) is 66.9 cm³/mol. The van der Waals surface area contributed by atoms with E-state index in [1.165, 1.54) is 11.8 Å². The van der Waals surface area contributed by atoms with Crippen LogP contribution in [0.4, 0.5) is 0 Å². The molecule has 2 aromatic rings. The molecule has 90 valence electrons. The minimum absolute atomic E-state index is 0.00720. The fraction of sp³-hybridized carbons (Fsp3) is 0.333. The maximum absolute atomic E-state index is 5.76. The van der Waals surface area contributed by atoms with Gasteiger partial charge >= 0.3 is 0 Å². The number of aryl methyl sites for hydroxylation is 2. The van der Waals surface area contributed by atoms with E-state index in [-0.39, 0.29) is 6.04 Å². The van der Waals surface area contributed by atoms with E-state index < -0.39 is 0 Å². The quantitative estimate of drug-likeness (QED) is 0.906. The van der Waals surface area contributed by atoms with Crippen LogP contribution in [0.5, 0.6) is 0 Å². The molecule has 0 bridgehead atoms. The van der Waals surface area contributed by atoms with Crippen LogP contribution in [0, 0.1) is 13.8 Å². The first-order valence-electron chi connectivity index (χ1n) is 5.39. The molecule has 1 atom stereocenters. The fourth-order valence-corrected chi connectivity index (χ4v) is 2.07. The Bertz CT molecular complexity index is 485. The predicted octanol–water partition coefficient (Wildman–Crippen LogP) is 2.86. The van der Waals surface area contributed by atoms with Gasteiger partial charge in [0, 0.05) is 12.2 Å². The van der Waals surface area contributed by atoms with Crippen LogP contribution in [-0.2, 0) is 0 Å². The van der Waals surface area contributed by atoms with Crippen LogP contribution in [0.15, 0.2) is 33.0 Å². The summed E-state index contributed by atoms with van der Waals surface area (Å²) in [5.74, 6) is 0.847. The smallest absolute Gasteiger partial charge is 0.262 e. The average molecular weight is 249 g/mol. The number of hydrogen-bond acceptors (Lipinski definition) is 5. The van der Waals surface area contributed by atoms with Gasteiger partial charge in [-0.1, -0.05) is 6.07 Å². The molecule has 1 unspecified atom stereocenters. The van der Waals surface area contributed by atoms with E-state index in [1.807, 2.05) is 32.9 Å². The third-order valence-electron chi connectivity index (χ3n) is 2.49. The summed E-state index contributed by atoms with van der Waals surface area (Å²) in [5.41, 5.74) is 7.70. The molecule has 2 N–H and O–H groups in total. The summed E-state index contributed by atoms with van der Waals surface area (Å²) in [6.45, 7) is 5.76. The summed E-state index contributed by atoms with van der Waals surface area (Å²) in [6.07, 6.45) is 1.79. The molecule has 5 heteroatoms. The second kappa shape index (κ2) is 4.89. The Balaban J connectivity index is 2.13. The van der Waals surface area contributed by atoms with Crippen molar-refractivity contribution in [3.63, 3.8) is 0 Å². The molecule has 0 aliphatic carbocycles. The zero-order valence-electron chi connectivity index (χ0n) is 10.1. The summed E-state index contributed by atoms with van der Waals surface area (Å²) in [4.78, 5) is 8.61. The second-order valence-electron chi connectivity index (χ2n) is 3.94. The highest BCUT2D eigenvalue weighted by Crippen LogP contribution is 2.27. The van der Waals surface area contributed by atoms with Gasteiger partial charge in [-0.3, -0.25) is 0 Å². The van der Waals surface area contributed by atoms with Crippen LogP contribution in [-0.4, -0.2) is 9.97 Å². The molecule has 0 aliphatic heterocycles. The van der Waals surface area contributed by atoms with Gasteiger partial charge in [0.1, 0.15) is 10.8 Å². The molecule has 0 saturated heterocycles. The third-order valence-corrected chi connectivity index (χ3v) is 3.29. The van der Waals surface area contributed by atoms with Gasteiger partial charge in [-0.15, -0.1) is 0 Å². The summed E-state index contributed by atoms with van der Waals surface area (Å²) in [5, 5.41) is 1.48. The Morgan fingerprint density at radius 3 is 2.59 bits per heavy atom. The Labute approximate surface area is 105 Å². The maximum Gasteiger partial charge on any atom is 0.262 e. The van der Waals surface area contributed by atoms with Crippen LogP contribution in [0.3, 0.4) is 0 Å². The van der Waals surface area contributed by atoms with Crippen molar-refractivity contribution in [3.8, 4) is 0 Å². The van der Waals surface area contributed by atoms with Crippen molar-refractivity contribution in [1.29, 1.82) is 0 Å². The van der Waals surface area contributed by atoms with Gasteiger partial charge in [0.05, 0.1) is 5.69 Å². The van der Waals surface area contributed by atoms with Gasteiger partial charge < -0.3 is 10.2 Å². The van der Waals surface area contributed by atoms with E-state index in [2.05, 4.69) is 9.97 Å². The van der Waals surface area contributed by atoms with E-state index in [4.69, 9.17) is 10.2 Å².